The van der Waals surface area contributed by atoms with E-state index in [1.807, 2.05) is 0 Å². The lowest BCUT2D eigenvalue weighted by atomic mass is 9.85. The quantitative estimate of drug-likeness (QED) is 0.156. The van der Waals surface area contributed by atoms with Gasteiger partial charge < -0.3 is 49.6 Å². The molecule has 0 bridgehead atoms. The predicted octanol–water partition coefficient (Wildman–Crippen LogP) is -0.349. The van der Waals surface area contributed by atoms with Crippen LogP contribution in [-0.4, -0.2) is 92.3 Å². The minimum atomic E-state index is -1.72. The molecule has 0 spiro atoms. The van der Waals surface area contributed by atoms with E-state index in [0.29, 0.717) is 5.56 Å². The summed E-state index contributed by atoms with van der Waals surface area (Å²) >= 11 is 0. The molecule has 1 aliphatic carbocycles. The van der Waals surface area contributed by atoms with Gasteiger partial charge in [-0.2, -0.15) is 0 Å². The van der Waals surface area contributed by atoms with Crippen LogP contribution in [0.4, 0.5) is 0 Å². The Morgan fingerprint density at radius 2 is 1.81 bits per heavy atom. The number of aliphatic hydroxyl groups excluding tert-OH is 4. The number of ether oxygens (including phenoxy) is 4. The van der Waals surface area contributed by atoms with Crippen LogP contribution in [0, 0.1) is 11.8 Å². The first-order valence-corrected chi connectivity index (χ1v) is 11.5. The number of phenols is 1. The summed E-state index contributed by atoms with van der Waals surface area (Å²) in [5.41, 5.74) is 0.782. The van der Waals surface area contributed by atoms with Crippen LogP contribution in [0.5, 0.6) is 5.75 Å². The highest BCUT2D eigenvalue weighted by Crippen LogP contribution is 2.46. The van der Waals surface area contributed by atoms with Crippen molar-refractivity contribution in [3.8, 4) is 5.75 Å². The Labute approximate surface area is 211 Å². The summed E-state index contributed by atoms with van der Waals surface area (Å²) in [7, 11) is 0. The molecular weight excluding hydrogens is 492 g/mol. The van der Waals surface area contributed by atoms with Gasteiger partial charge in [-0.05, 0) is 35.8 Å². The average molecular weight is 520 g/mol. The number of hydrogen-bond acceptors (Lipinski definition) is 11. The van der Waals surface area contributed by atoms with Crippen molar-refractivity contribution in [2.45, 2.75) is 49.5 Å². The number of hydrogen-bond donors (Lipinski definition) is 6. The minimum absolute atomic E-state index is 0.0459. The third-order valence-electron chi connectivity index (χ3n) is 6.69. The van der Waals surface area contributed by atoms with Crippen molar-refractivity contribution in [2.24, 2.45) is 11.8 Å². The van der Waals surface area contributed by atoms with Gasteiger partial charge in [0.2, 0.25) is 12.6 Å². The topological polar surface area (TPSA) is 192 Å². The normalized spacial score (nSPS) is 35.5. The van der Waals surface area contributed by atoms with Gasteiger partial charge in [0.25, 0.3) is 0 Å². The Balaban J connectivity index is 1.54. The molecule has 12 nitrogen and oxygen atoms in total. The molecule has 37 heavy (non-hydrogen) atoms. The zero-order chi connectivity index (χ0) is 26.9. The summed E-state index contributed by atoms with van der Waals surface area (Å²) < 4.78 is 22.3. The van der Waals surface area contributed by atoms with E-state index < -0.39 is 73.5 Å². The number of esters is 1. The van der Waals surface area contributed by atoms with Gasteiger partial charge in [-0.25, -0.2) is 9.59 Å². The molecule has 0 radical (unpaired) electrons. The van der Waals surface area contributed by atoms with E-state index in [2.05, 4.69) is 6.58 Å². The van der Waals surface area contributed by atoms with E-state index in [4.69, 9.17) is 18.9 Å². The first kappa shape index (κ1) is 26.8. The molecule has 2 heterocycles. The fourth-order valence-electron chi connectivity index (χ4n) is 4.69. The largest absolute Gasteiger partial charge is 0.508 e. The Kier molecular flexibility index (Phi) is 7.97. The SMILES string of the molecule is C=C1[C@H]2[C@H](O[C@H]3O[C@@H](CO)[C@H](O)[C@@H](O)[C@@H]3OC(=O)/C=C/c3ccc(O)cc3)OC=C(C(=O)O)[C@@H]2C[C@@H]1O. The van der Waals surface area contributed by atoms with E-state index in [0.717, 1.165) is 12.3 Å². The molecule has 0 aromatic heterocycles. The number of fused-ring (bicyclic) bond motifs is 1. The second-order valence-corrected chi connectivity index (χ2v) is 9.01. The third-order valence-corrected chi connectivity index (χ3v) is 6.69. The van der Waals surface area contributed by atoms with E-state index in [-0.39, 0.29) is 23.3 Å². The van der Waals surface area contributed by atoms with Crippen LogP contribution in [0.15, 0.2) is 54.3 Å². The van der Waals surface area contributed by atoms with Gasteiger partial charge in [-0.3, -0.25) is 0 Å². The summed E-state index contributed by atoms with van der Waals surface area (Å²) in [6.45, 7) is 3.14. The number of carboxylic acid groups (broad SMARTS) is 1. The molecule has 12 heteroatoms. The van der Waals surface area contributed by atoms with Crippen LogP contribution in [0.2, 0.25) is 0 Å². The number of phenolic OH excluding ortho intramolecular Hbond substituents is 1. The monoisotopic (exact) mass is 520 g/mol. The number of aromatic hydroxyl groups is 1. The number of benzene rings is 1. The highest BCUT2D eigenvalue weighted by atomic mass is 16.8. The van der Waals surface area contributed by atoms with Crippen LogP contribution in [0.1, 0.15) is 12.0 Å². The number of aliphatic hydroxyl groups is 4. The standard InChI is InChI=1S/C25H28O12/c1-11-16(28)8-14-15(23(32)33)10-34-24(19(11)14)37-25-22(21(31)20(30)17(9-26)35-25)36-18(29)7-4-12-2-5-13(27)6-3-12/h2-7,10,14,16-17,19-22,24-28,30-31H,1,8-9H2,(H,32,33)/b7-4+/t14-,16-,17-,19+,20-,21+,22-,24-,25+/m0/s1. The van der Waals surface area contributed by atoms with Gasteiger partial charge in [0.05, 0.1) is 30.5 Å². The highest BCUT2D eigenvalue weighted by Gasteiger charge is 2.53. The lowest BCUT2D eigenvalue weighted by molar-refractivity contribution is -0.340. The van der Waals surface area contributed by atoms with Crippen molar-refractivity contribution in [1.82, 2.24) is 0 Å². The van der Waals surface area contributed by atoms with Crippen molar-refractivity contribution in [1.29, 1.82) is 0 Å². The summed E-state index contributed by atoms with van der Waals surface area (Å²) in [4.78, 5) is 24.2. The molecule has 1 aromatic carbocycles. The second-order valence-electron chi connectivity index (χ2n) is 9.01. The second kappa shape index (κ2) is 11.0. The third kappa shape index (κ3) is 5.54. The van der Waals surface area contributed by atoms with Crippen molar-refractivity contribution < 1.29 is 59.2 Å². The maximum atomic E-state index is 12.5. The Hall–Kier alpha value is -3.26. The Bertz CT molecular complexity index is 1080. The molecule has 6 N–H and O–H groups in total. The van der Waals surface area contributed by atoms with E-state index in [9.17, 15) is 40.2 Å². The first-order valence-electron chi connectivity index (χ1n) is 11.5. The van der Waals surface area contributed by atoms with Gasteiger partial charge in [0, 0.05) is 12.0 Å². The molecule has 4 rings (SSSR count). The van der Waals surface area contributed by atoms with Gasteiger partial charge in [0.1, 0.15) is 24.1 Å². The first-order chi connectivity index (χ1) is 17.6. The minimum Gasteiger partial charge on any atom is -0.508 e. The van der Waals surface area contributed by atoms with Gasteiger partial charge in [0.15, 0.2) is 6.10 Å². The molecule has 200 valence electrons. The fourth-order valence-corrected chi connectivity index (χ4v) is 4.69. The maximum Gasteiger partial charge on any atom is 0.334 e. The zero-order valence-electron chi connectivity index (χ0n) is 19.5. The summed E-state index contributed by atoms with van der Waals surface area (Å²) in [5, 5.41) is 59.7. The summed E-state index contributed by atoms with van der Waals surface area (Å²) in [6, 6.07) is 5.96. The molecule has 1 aromatic rings. The molecule has 2 aliphatic heterocycles. The van der Waals surface area contributed by atoms with Crippen molar-refractivity contribution in [3.63, 3.8) is 0 Å². The van der Waals surface area contributed by atoms with E-state index >= 15 is 0 Å². The smallest absolute Gasteiger partial charge is 0.334 e. The molecular formula is C25H28O12. The molecule has 1 saturated heterocycles. The van der Waals surface area contributed by atoms with E-state index in [1.54, 1.807) is 12.1 Å². The van der Waals surface area contributed by atoms with Crippen LogP contribution in [0.25, 0.3) is 6.08 Å². The van der Waals surface area contributed by atoms with Crippen LogP contribution < -0.4 is 0 Å². The van der Waals surface area contributed by atoms with Crippen molar-refractivity contribution in [2.75, 3.05) is 6.61 Å². The summed E-state index contributed by atoms with van der Waals surface area (Å²) in [6.07, 6.45) is -6.44. The van der Waals surface area contributed by atoms with Crippen LogP contribution in [0.3, 0.4) is 0 Å². The number of rotatable bonds is 7. The molecule has 0 unspecified atom stereocenters. The van der Waals surface area contributed by atoms with E-state index in [1.165, 1.54) is 18.2 Å². The maximum absolute atomic E-state index is 12.5. The molecule has 3 aliphatic rings. The summed E-state index contributed by atoms with van der Waals surface area (Å²) in [5.74, 6) is -3.57. The van der Waals surface area contributed by atoms with Crippen LogP contribution in [-0.2, 0) is 28.5 Å². The number of aliphatic carboxylic acids is 1. The Morgan fingerprint density at radius 3 is 2.46 bits per heavy atom. The van der Waals surface area contributed by atoms with Gasteiger partial charge in [-0.15, -0.1) is 0 Å². The number of carboxylic acids is 1. The van der Waals surface area contributed by atoms with Gasteiger partial charge >= 0.3 is 11.9 Å². The Morgan fingerprint density at radius 1 is 1.11 bits per heavy atom. The molecule has 1 saturated carbocycles. The van der Waals surface area contributed by atoms with Crippen molar-refractivity contribution >= 4 is 18.0 Å². The molecule has 0 amide bonds. The number of carbonyl (C=O) groups excluding carboxylic acids is 1. The van der Waals surface area contributed by atoms with Crippen LogP contribution >= 0.6 is 0 Å². The average Bonchev–Trinajstić information content (AvgIpc) is 3.17. The predicted molar refractivity (Wildman–Crippen MR) is 123 cm³/mol. The molecule has 9 atom stereocenters. The highest BCUT2D eigenvalue weighted by molar-refractivity contribution is 5.88. The number of carbonyl (C=O) groups is 2. The van der Waals surface area contributed by atoms with Crippen molar-refractivity contribution in [3.05, 3.63) is 59.9 Å². The lowest BCUT2D eigenvalue weighted by Crippen LogP contribution is -2.61. The lowest BCUT2D eigenvalue weighted by Gasteiger charge is -2.43. The molecule has 2 fully saturated rings. The fraction of sp³-hybridized carbons (Fsp3) is 0.440. The zero-order valence-corrected chi connectivity index (χ0v) is 19.5. The van der Waals surface area contributed by atoms with Gasteiger partial charge in [-0.1, -0.05) is 18.7 Å².